The average molecular weight is 402 g/mol. The highest BCUT2D eigenvalue weighted by Gasteiger charge is 2.32. The Balaban J connectivity index is 1.79. The van der Waals surface area contributed by atoms with Crippen LogP contribution in [0.15, 0.2) is 47.4 Å². The molecule has 2 aromatic rings. The van der Waals surface area contributed by atoms with Crippen LogP contribution in [0.25, 0.3) is 0 Å². The van der Waals surface area contributed by atoms with Gasteiger partial charge in [-0.1, -0.05) is 0 Å². The molecule has 28 heavy (non-hydrogen) atoms. The number of rotatable bonds is 4. The van der Waals surface area contributed by atoms with E-state index in [0.717, 1.165) is 4.31 Å². The number of ether oxygens (including phenoxy) is 1. The van der Waals surface area contributed by atoms with Gasteiger partial charge in [0.2, 0.25) is 10.0 Å². The second kappa shape index (κ2) is 7.03. The molecule has 7 nitrogen and oxygen atoms in total. The molecule has 0 aromatic heterocycles. The number of anilines is 1. The fourth-order valence-corrected chi connectivity index (χ4v) is 3.82. The summed E-state index contributed by atoms with van der Waals surface area (Å²) in [5, 5.41) is 2.70. The molecule has 0 saturated carbocycles. The Morgan fingerprint density at radius 2 is 1.75 bits per heavy atom. The summed E-state index contributed by atoms with van der Waals surface area (Å²) in [6, 6.07) is 10.6. The van der Waals surface area contributed by atoms with E-state index in [2.05, 4.69) is 5.32 Å². The Labute approximate surface area is 164 Å². The van der Waals surface area contributed by atoms with Crippen molar-refractivity contribution in [2.45, 2.75) is 30.8 Å². The summed E-state index contributed by atoms with van der Waals surface area (Å²) in [5.74, 6) is -0.00107. The van der Waals surface area contributed by atoms with Crippen molar-refractivity contribution < 1.29 is 22.7 Å². The second-order valence-electron chi connectivity index (χ2n) is 7.44. The minimum absolute atomic E-state index is 0.0702. The zero-order valence-electron chi connectivity index (χ0n) is 16.1. The van der Waals surface area contributed by atoms with E-state index >= 15 is 0 Å². The third-order valence-corrected chi connectivity index (χ3v) is 6.23. The summed E-state index contributed by atoms with van der Waals surface area (Å²) in [6.07, 6.45) is 0.243. The maximum Gasteiger partial charge on any atom is 0.255 e. The van der Waals surface area contributed by atoms with Crippen LogP contribution in [0.4, 0.5) is 5.69 Å². The largest absolute Gasteiger partial charge is 0.487 e. The van der Waals surface area contributed by atoms with Crippen LogP contribution in [0, 0.1) is 0 Å². The van der Waals surface area contributed by atoms with Crippen LogP contribution in [0.5, 0.6) is 5.75 Å². The van der Waals surface area contributed by atoms with Gasteiger partial charge in [0.05, 0.1) is 16.9 Å². The summed E-state index contributed by atoms with van der Waals surface area (Å²) < 4.78 is 31.1. The van der Waals surface area contributed by atoms with Gasteiger partial charge in [-0.2, -0.15) is 0 Å². The van der Waals surface area contributed by atoms with Gasteiger partial charge in [0, 0.05) is 25.3 Å². The molecule has 1 heterocycles. The number of hydrogen-bond donors (Lipinski definition) is 1. The SMILES string of the molecule is CN(C)S(=O)(=O)c1ccc(NC(=O)c2ccc3c(c2)C(=O)CC(C)(C)O3)cc1. The standard InChI is InChI=1S/C20H22N2O5S/c1-20(2)12-17(23)16-11-13(5-10-18(16)27-20)19(24)21-14-6-8-15(9-7-14)28(25,26)22(3)4/h5-11H,12H2,1-4H3,(H,21,24). The first-order chi connectivity index (χ1) is 13.0. The Morgan fingerprint density at radius 1 is 1.11 bits per heavy atom. The third-order valence-electron chi connectivity index (χ3n) is 4.41. The molecule has 0 fully saturated rings. The molecule has 0 spiro atoms. The molecule has 1 amide bonds. The van der Waals surface area contributed by atoms with Gasteiger partial charge in [-0.3, -0.25) is 9.59 Å². The number of sulfonamides is 1. The Morgan fingerprint density at radius 3 is 2.36 bits per heavy atom. The maximum absolute atomic E-state index is 12.5. The fraction of sp³-hybridized carbons (Fsp3) is 0.300. The lowest BCUT2D eigenvalue weighted by atomic mass is 9.92. The highest BCUT2D eigenvalue weighted by atomic mass is 32.2. The van der Waals surface area contributed by atoms with E-state index in [1.165, 1.54) is 44.4 Å². The Hall–Kier alpha value is -2.71. The quantitative estimate of drug-likeness (QED) is 0.849. The Bertz CT molecular complexity index is 1040. The number of nitrogens with one attached hydrogen (secondary N) is 1. The van der Waals surface area contributed by atoms with Gasteiger partial charge in [0.15, 0.2) is 5.78 Å². The molecule has 1 aliphatic heterocycles. The predicted octanol–water partition coefficient (Wildman–Crippen LogP) is 2.93. The number of carbonyl (C=O) groups is 2. The van der Waals surface area contributed by atoms with Crippen molar-refractivity contribution in [3.63, 3.8) is 0 Å². The van der Waals surface area contributed by atoms with Crippen molar-refractivity contribution in [2.24, 2.45) is 0 Å². The number of ketones is 1. The highest BCUT2D eigenvalue weighted by molar-refractivity contribution is 7.89. The van der Waals surface area contributed by atoms with Crippen molar-refractivity contribution in [1.82, 2.24) is 4.31 Å². The summed E-state index contributed by atoms with van der Waals surface area (Å²) in [6.45, 7) is 3.68. The highest BCUT2D eigenvalue weighted by Crippen LogP contribution is 2.33. The molecule has 0 unspecified atom stereocenters. The van der Waals surface area contributed by atoms with E-state index < -0.39 is 21.5 Å². The molecule has 0 bridgehead atoms. The van der Waals surface area contributed by atoms with Crippen molar-refractivity contribution >= 4 is 27.4 Å². The second-order valence-corrected chi connectivity index (χ2v) is 9.59. The topological polar surface area (TPSA) is 92.8 Å². The van der Waals surface area contributed by atoms with Crippen LogP contribution in [-0.2, 0) is 10.0 Å². The number of Topliss-reactive ketones (excluding diaryl/α,β-unsaturated/α-hetero) is 1. The van der Waals surface area contributed by atoms with Crippen LogP contribution >= 0.6 is 0 Å². The molecular weight excluding hydrogens is 380 g/mol. The predicted molar refractivity (Wildman–Crippen MR) is 105 cm³/mol. The van der Waals surface area contributed by atoms with E-state index in [9.17, 15) is 18.0 Å². The minimum atomic E-state index is -3.53. The Kier molecular flexibility index (Phi) is 5.03. The zero-order valence-corrected chi connectivity index (χ0v) is 17.0. The van der Waals surface area contributed by atoms with Crippen molar-refractivity contribution in [3.8, 4) is 5.75 Å². The fourth-order valence-electron chi connectivity index (χ4n) is 2.92. The average Bonchev–Trinajstić information content (AvgIpc) is 2.60. The van der Waals surface area contributed by atoms with Crippen LogP contribution in [0.3, 0.4) is 0 Å². The first kappa shape index (κ1) is 20.0. The van der Waals surface area contributed by atoms with E-state index in [1.54, 1.807) is 12.1 Å². The lowest BCUT2D eigenvalue weighted by molar-refractivity contribution is 0.0620. The molecule has 1 aliphatic rings. The third kappa shape index (κ3) is 3.93. The summed E-state index contributed by atoms with van der Waals surface area (Å²) in [5.41, 5.74) is 0.589. The van der Waals surface area contributed by atoms with E-state index in [0.29, 0.717) is 22.6 Å². The lowest BCUT2D eigenvalue weighted by Gasteiger charge is -2.31. The van der Waals surface area contributed by atoms with Crippen molar-refractivity contribution in [3.05, 3.63) is 53.6 Å². The monoisotopic (exact) mass is 402 g/mol. The number of amides is 1. The molecule has 0 saturated heterocycles. The minimum Gasteiger partial charge on any atom is -0.487 e. The van der Waals surface area contributed by atoms with Gasteiger partial charge >= 0.3 is 0 Å². The van der Waals surface area contributed by atoms with Gasteiger partial charge in [-0.05, 0) is 56.3 Å². The van der Waals surface area contributed by atoms with E-state index in [4.69, 9.17) is 4.74 Å². The number of nitrogens with zero attached hydrogens (tertiary/aromatic N) is 1. The molecule has 148 valence electrons. The first-order valence-electron chi connectivity index (χ1n) is 8.70. The molecule has 3 rings (SSSR count). The smallest absolute Gasteiger partial charge is 0.255 e. The molecule has 2 aromatic carbocycles. The summed E-state index contributed by atoms with van der Waals surface area (Å²) in [4.78, 5) is 25.0. The van der Waals surface area contributed by atoms with E-state index in [-0.39, 0.29) is 17.1 Å². The maximum atomic E-state index is 12.5. The van der Waals surface area contributed by atoms with Gasteiger partial charge in [-0.25, -0.2) is 12.7 Å². The van der Waals surface area contributed by atoms with Gasteiger partial charge in [0.1, 0.15) is 11.4 Å². The number of hydrogen-bond acceptors (Lipinski definition) is 5. The van der Waals surface area contributed by atoms with Crippen LogP contribution < -0.4 is 10.1 Å². The zero-order chi connectivity index (χ0) is 20.7. The first-order valence-corrected chi connectivity index (χ1v) is 10.1. The molecule has 0 radical (unpaired) electrons. The molecule has 8 heteroatoms. The van der Waals surface area contributed by atoms with Crippen molar-refractivity contribution in [2.75, 3.05) is 19.4 Å². The number of fused-ring (bicyclic) bond motifs is 1. The molecular formula is C20H22N2O5S. The molecule has 0 aliphatic carbocycles. The van der Waals surface area contributed by atoms with Crippen LogP contribution in [0.2, 0.25) is 0 Å². The molecule has 1 N–H and O–H groups in total. The van der Waals surface area contributed by atoms with Gasteiger partial charge in [-0.15, -0.1) is 0 Å². The number of carbonyl (C=O) groups excluding carboxylic acids is 2. The summed E-state index contributed by atoms with van der Waals surface area (Å²) >= 11 is 0. The van der Waals surface area contributed by atoms with Gasteiger partial charge < -0.3 is 10.1 Å². The van der Waals surface area contributed by atoms with E-state index in [1.807, 2.05) is 13.8 Å². The lowest BCUT2D eigenvalue weighted by Crippen LogP contribution is -2.36. The number of benzene rings is 2. The van der Waals surface area contributed by atoms with Gasteiger partial charge in [0.25, 0.3) is 5.91 Å². The summed E-state index contributed by atoms with van der Waals surface area (Å²) in [7, 11) is -0.628. The van der Waals surface area contributed by atoms with Crippen molar-refractivity contribution in [1.29, 1.82) is 0 Å². The molecule has 0 atom stereocenters. The van der Waals surface area contributed by atoms with Crippen LogP contribution in [-0.4, -0.2) is 44.1 Å². The van der Waals surface area contributed by atoms with Crippen LogP contribution in [0.1, 0.15) is 41.0 Å². The normalized spacial score (nSPS) is 15.7.